The fourth-order valence-corrected chi connectivity index (χ4v) is 2.57. The van der Waals surface area contributed by atoms with E-state index in [0.29, 0.717) is 0 Å². The molecule has 23 heavy (non-hydrogen) atoms. The fourth-order valence-electron chi connectivity index (χ4n) is 2.57. The van der Waals surface area contributed by atoms with Gasteiger partial charge in [0.15, 0.2) is 12.6 Å². The molecule has 11 nitrogen and oxygen atoms in total. The quantitative estimate of drug-likeness (QED) is 0.243. The minimum atomic E-state index is -1.74. The maximum absolute atomic E-state index is 9.94. The van der Waals surface area contributed by atoms with Gasteiger partial charge in [-0.1, -0.05) is 0 Å². The lowest BCUT2D eigenvalue weighted by Crippen LogP contribution is -2.64. The van der Waals surface area contributed by atoms with Gasteiger partial charge in [0.05, 0.1) is 13.2 Å². The van der Waals surface area contributed by atoms with Crippen LogP contribution < -0.4 is 0 Å². The van der Waals surface area contributed by atoms with Gasteiger partial charge in [-0.15, -0.1) is 0 Å². The molecule has 11 heteroatoms. The highest BCUT2D eigenvalue weighted by Crippen LogP contribution is 2.28. The van der Waals surface area contributed by atoms with Crippen molar-refractivity contribution in [3.63, 3.8) is 0 Å². The van der Waals surface area contributed by atoms with Crippen molar-refractivity contribution in [3.8, 4) is 0 Å². The molecule has 0 aliphatic carbocycles. The van der Waals surface area contributed by atoms with Crippen molar-refractivity contribution in [1.29, 1.82) is 0 Å². The SMILES string of the molecule is OC[C@@H]1O[C@@H](O)[C@H](O)[C@H](O)[C@H]1O[C@@H]1O[C@H](CO)[C@H](O)[C@@H](O)[C@H]1O. The Morgan fingerprint density at radius 3 is 1.83 bits per heavy atom. The third-order valence-corrected chi connectivity index (χ3v) is 3.98. The molecular formula is C12H22O11. The van der Waals surface area contributed by atoms with Crippen LogP contribution in [-0.2, 0) is 14.2 Å². The van der Waals surface area contributed by atoms with Gasteiger partial charge < -0.3 is 55.1 Å². The molecule has 2 saturated heterocycles. The Morgan fingerprint density at radius 1 is 0.652 bits per heavy atom. The van der Waals surface area contributed by atoms with Crippen molar-refractivity contribution in [2.24, 2.45) is 0 Å². The first-order valence-corrected chi connectivity index (χ1v) is 7.08. The molecule has 2 aliphatic rings. The van der Waals surface area contributed by atoms with Crippen LogP contribution in [0.3, 0.4) is 0 Å². The lowest BCUT2D eigenvalue weighted by atomic mass is 9.97. The largest absolute Gasteiger partial charge is 0.394 e. The summed E-state index contributed by atoms with van der Waals surface area (Å²) in [4.78, 5) is 0. The Hall–Kier alpha value is -0.440. The predicted octanol–water partition coefficient (Wildman–Crippen LogP) is -5.40. The topological polar surface area (TPSA) is 190 Å². The van der Waals surface area contributed by atoms with Crippen LogP contribution in [0.1, 0.15) is 0 Å². The van der Waals surface area contributed by atoms with Crippen LogP contribution in [0, 0.1) is 0 Å². The maximum Gasteiger partial charge on any atom is 0.187 e. The molecule has 0 radical (unpaired) electrons. The van der Waals surface area contributed by atoms with E-state index in [0.717, 1.165) is 0 Å². The summed E-state index contributed by atoms with van der Waals surface area (Å²) in [6.07, 6.45) is -15.6. The van der Waals surface area contributed by atoms with Gasteiger partial charge in [-0.25, -0.2) is 0 Å². The molecule has 0 aromatic carbocycles. The summed E-state index contributed by atoms with van der Waals surface area (Å²) in [5, 5.41) is 76.5. The molecule has 10 atom stereocenters. The second-order valence-electron chi connectivity index (χ2n) is 5.53. The highest BCUT2D eigenvalue weighted by molar-refractivity contribution is 4.93. The highest BCUT2D eigenvalue weighted by Gasteiger charge is 2.50. The molecule has 2 rings (SSSR count). The molecule has 0 bridgehead atoms. The summed E-state index contributed by atoms with van der Waals surface area (Å²) in [6, 6.07) is 0. The lowest BCUT2D eigenvalue weighted by Gasteiger charge is -2.45. The second-order valence-corrected chi connectivity index (χ2v) is 5.53. The fraction of sp³-hybridized carbons (Fsp3) is 1.00. The van der Waals surface area contributed by atoms with E-state index in [2.05, 4.69) is 0 Å². The van der Waals surface area contributed by atoms with Crippen molar-refractivity contribution < 1.29 is 55.1 Å². The number of hydrogen-bond donors (Lipinski definition) is 8. The van der Waals surface area contributed by atoms with Gasteiger partial charge in [-0.05, 0) is 0 Å². The van der Waals surface area contributed by atoms with Crippen molar-refractivity contribution in [1.82, 2.24) is 0 Å². The minimum absolute atomic E-state index is 0.667. The number of hydrogen-bond acceptors (Lipinski definition) is 11. The average molecular weight is 342 g/mol. The van der Waals surface area contributed by atoms with Crippen LogP contribution in [0.2, 0.25) is 0 Å². The number of rotatable bonds is 4. The van der Waals surface area contributed by atoms with Gasteiger partial charge in [-0.2, -0.15) is 0 Å². The standard InChI is InChI=1S/C12H22O11/c13-1-3-5(15)6(16)9(19)12(22-3)23-10-4(2-14)21-11(20)8(18)7(10)17/h3-20H,1-2H2/t3-,4+,5+,6-,7+,8-,9-,10+,11-,12+/m1/s1. The van der Waals surface area contributed by atoms with Crippen molar-refractivity contribution in [2.45, 2.75) is 61.4 Å². The smallest absolute Gasteiger partial charge is 0.187 e. The van der Waals surface area contributed by atoms with Crippen LogP contribution in [0.25, 0.3) is 0 Å². The molecule has 0 aromatic heterocycles. The maximum atomic E-state index is 9.94. The van der Waals surface area contributed by atoms with E-state index in [9.17, 15) is 35.7 Å². The first-order valence-electron chi connectivity index (χ1n) is 7.08. The van der Waals surface area contributed by atoms with Crippen molar-refractivity contribution in [3.05, 3.63) is 0 Å². The number of aliphatic hydroxyl groups excluding tert-OH is 8. The van der Waals surface area contributed by atoms with Gasteiger partial charge in [0.25, 0.3) is 0 Å². The van der Waals surface area contributed by atoms with Crippen LogP contribution >= 0.6 is 0 Å². The van der Waals surface area contributed by atoms with Crippen molar-refractivity contribution in [2.75, 3.05) is 13.2 Å². The summed E-state index contributed by atoms with van der Waals surface area (Å²) >= 11 is 0. The summed E-state index contributed by atoms with van der Waals surface area (Å²) in [5.74, 6) is 0. The predicted molar refractivity (Wildman–Crippen MR) is 68.6 cm³/mol. The zero-order chi connectivity index (χ0) is 17.3. The van der Waals surface area contributed by atoms with E-state index in [1.165, 1.54) is 0 Å². The van der Waals surface area contributed by atoms with Gasteiger partial charge in [-0.3, -0.25) is 0 Å². The van der Waals surface area contributed by atoms with E-state index in [4.69, 9.17) is 19.3 Å². The molecule has 0 amide bonds. The van der Waals surface area contributed by atoms with Crippen LogP contribution in [0.15, 0.2) is 0 Å². The number of aliphatic hydroxyl groups is 8. The normalized spacial score (nSPS) is 51.7. The molecule has 0 spiro atoms. The Balaban J connectivity index is 2.11. The Morgan fingerprint density at radius 2 is 1.26 bits per heavy atom. The summed E-state index contributed by atoms with van der Waals surface area (Å²) in [5.41, 5.74) is 0. The van der Waals surface area contributed by atoms with E-state index in [-0.39, 0.29) is 0 Å². The zero-order valence-electron chi connectivity index (χ0n) is 12.0. The molecular weight excluding hydrogens is 320 g/mol. The molecule has 2 aliphatic heterocycles. The van der Waals surface area contributed by atoms with E-state index < -0.39 is 74.6 Å². The first-order chi connectivity index (χ1) is 10.8. The van der Waals surface area contributed by atoms with E-state index in [1.807, 2.05) is 0 Å². The van der Waals surface area contributed by atoms with Crippen LogP contribution in [-0.4, -0.2) is 115 Å². The average Bonchev–Trinajstić information content (AvgIpc) is 2.55. The highest BCUT2D eigenvalue weighted by atomic mass is 16.7. The molecule has 2 fully saturated rings. The molecule has 0 aromatic rings. The third-order valence-electron chi connectivity index (χ3n) is 3.98. The molecule has 8 N–H and O–H groups in total. The number of ether oxygens (including phenoxy) is 3. The lowest BCUT2D eigenvalue weighted by molar-refractivity contribution is -0.355. The van der Waals surface area contributed by atoms with Crippen LogP contribution in [0.4, 0.5) is 0 Å². The van der Waals surface area contributed by atoms with Gasteiger partial charge in [0, 0.05) is 0 Å². The molecule has 136 valence electrons. The summed E-state index contributed by atoms with van der Waals surface area (Å²) in [6.45, 7) is -1.35. The monoisotopic (exact) mass is 342 g/mol. The summed E-state index contributed by atoms with van der Waals surface area (Å²) < 4.78 is 15.3. The zero-order valence-corrected chi connectivity index (χ0v) is 12.0. The second kappa shape index (κ2) is 7.63. The Bertz CT molecular complexity index is 378. The van der Waals surface area contributed by atoms with Crippen molar-refractivity contribution >= 4 is 0 Å². The molecule has 2 heterocycles. The van der Waals surface area contributed by atoms with E-state index in [1.54, 1.807) is 0 Å². The third kappa shape index (κ3) is 3.65. The van der Waals surface area contributed by atoms with Crippen LogP contribution in [0.5, 0.6) is 0 Å². The Labute approximate surface area is 130 Å². The van der Waals surface area contributed by atoms with Gasteiger partial charge in [0.1, 0.15) is 48.8 Å². The first kappa shape index (κ1) is 18.9. The Kier molecular flexibility index (Phi) is 6.27. The summed E-state index contributed by atoms with van der Waals surface area (Å²) in [7, 11) is 0. The van der Waals surface area contributed by atoms with E-state index >= 15 is 0 Å². The minimum Gasteiger partial charge on any atom is -0.394 e. The van der Waals surface area contributed by atoms with Gasteiger partial charge >= 0.3 is 0 Å². The molecule has 0 unspecified atom stereocenters. The molecule has 0 saturated carbocycles. The van der Waals surface area contributed by atoms with Gasteiger partial charge in [0.2, 0.25) is 0 Å².